The average Bonchev–Trinajstić information content (AvgIpc) is 2.58. The van der Waals surface area contributed by atoms with Crippen LogP contribution in [0.25, 0.3) is 0 Å². The van der Waals surface area contributed by atoms with Crippen LogP contribution in [0.4, 0.5) is 0 Å². The zero-order chi connectivity index (χ0) is 14.6. The second kappa shape index (κ2) is 3.97. The molecule has 0 radical (unpaired) electrons. The van der Waals surface area contributed by atoms with Crippen molar-refractivity contribution in [3.63, 3.8) is 0 Å². The molecule has 0 spiro atoms. The molecule has 0 bridgehead atoms. The summed E-state index contributed by atoms with van der Waals surface area (Å²) < 4.78 is 0. The second-order valence-corrected chi connectivity index (χ2v) is 7.29. The molecule has 1 aliphatic rings. The molecule has 0 aliphatic heterocycles. The van der Waals surface area contributed by atoms with Gasteiger partial charge in [0.15, 0.2) is 0 Å². The van der Waals surface area contributed by atoms with E-state index < -0.39 is 0 Å². The normalized spacial score (nSPS) is 26.2. The van der Waals surface area contributed by atoms with Crippen molar-refractivity contribution in [1.82, 2.24) is 0 Å². The van der Waals surface area contributed by atoms with Crippen LogP contribution >= 0.6 is 0 Å². The van der Waals surface area contributed by atoms with Gasteiger partial charge >= 0.3 is 0 Å². The molecular weight excluding hydrogens is 240 g/mol. The SMILES string of the molecule is CC1(C)c2ccccc2C(C)(c2ccccc2)C1(C)C. The summed E-state index contributed by atoms with van der Waals surface area (Å²) in [5.74, 6) is 0. The molecule has 0 N–H and O–H groups in total. The molecule has 3 rings (SSSR count). The predicted molar refractivity (Wildman–Crippen MR) is 86.1 cm³/mol. The largest absolute Gasteiger partial charge is 0.0622 e. The molecule has 20 heavy (non-hydrogen) atoms. The molecule has 104 valence electrons. The third-order valence-electron chi connectivity index (χ3n) is 6.30. The molecule has 0 nitrogen and oxygen atoms in total. The summed E-state index contributed by atoms with van der Waals surface area (Å²) in [5.41, 5.74) is 4.77. The van der Waals surface area contributed by atoms with E-state index in [1.54, 1.807) is 0 Å². The highest BCUT2D eigenvalue weighted by molar-refractivity contribution is 5.55. The van der Waals surface area contributed by atoms with Gasteiger partial charge in [-0.1, -0.05) is 89.2 Å². The fraction of sp³-hybridized carbons (Fsp3) is 0.400. The maximum atomic E-state index is 2.42. The maximum Gasteiger partial charge on any atom is 0.0236 e. The fourth-order valence-electron chi connectivity index (χ4n) is 4.05. The highest BCUT2D eigenvalue weighted by Crippen LogP contribution is 2.63. The van der Waals surface area contributed by atoms with Crippen molar-refractivity contribution in [2.75, 3.05) is 0 Å². The van der Waals surface area contributed by atoms with Gasteiger partial charge in [-0.25, -0.2) is 0 Å². The van der Waals surface area contributed by atoms with Crippen molar-refractivity contribution in [2.24, 2.45) is 5.41 Å². The van der Waals surface area contributed by atoms with E-state index in [0.717, 1.165) is 0 Å². The van der Waals surface area contributed by atoms with E-state index in [0.29, 0.717) is 0 Å². The molecule has 0 aromatic heterocycles. The van der Waals surface area contributed by atoms with Gasteiger partial charge in [0.2, 0.25) is 0 Å². The molecule has 1 atom stereocenters. The zero-order valence-electron chi connectivity index (χ0n) is 13.2. The maximum absolute atomic E-state index is 2.42. The second-order valence-electron chi connectivity index (χ2n) is 7.29. The van der Waals surface area contributed by atoms with E-state index in [2.05, 4.69) is 89.2 Å². The summed E-state index contributed by atoms with van der Waals surface area (Å²) >= 11 is 0. The Kier molecular flexibility index (Phi) is 2.67. The standard InChI is InChI=1S/C20H24/c1-18(2)16-13-9-10-14-17(16)20(5,19(18,3)4)15-11-7-6-8-12-15/h6-14H,1-5H3. The van der Waals surface area contributed by atoms with E-state index in [4.69, 9.17) is 0 Å². The Bertz CT molecular complexity index is 634. The lowest BCUT2D eigenvalue weighted by molar-refractivity contribution is 0.139. The molecule has 0 saturated carbocycles. The molecule has 0 fully saturated rings. The Labute approximate surface area is 122 Å². The first-order valence-electron chi connectivity index (χ1n) is 7.49. The van der Waals surface area contributed by atoms with Crippen LogP contribution in [0.3, 0.4) is 0 Å². The van der Waals surface area contributed by atoms with Crippen LogP contribution in [-0.4, -0.2) is 0 Å². The van der Waals surface area contributed by atoms with Gasteiger partial charge in [-0.3, -0.25) is 0 Å². The first-order chi connectivity index (χ1) is 9.33. The van der Waals surface area contributed by atoms with Crippen molar-refractivity contribution in [3.8, 4) is 0 Å². The zero-order valence-corrected chi connectivity index (χ0v) is 13.2. The molecule has 2 aromatic carbocycles. The van der Waals surface area contributed by atoms with E-state index >= 15 is 0 Å². The Morgan fingerprint density at radius 3 is 1.70 bits per heavy atom. The minimum absolute atomic E-state index is 0.0500. The van der Waals surface area contributed by atoms with E-state index in [1.807, 2.05) is 0 Å². The first kappa shape index (κ1) is 13.4. The third-order valence-corrected chi connectivity index (χ3v) is 6.30. The van der Waals surface area contributed by atoms with Crippen LogP contribution in [0, 0.1) is 5.41 Å². The summed E-state index contributed by atoms with van der Waals surface area (Å²) in [5, 5.41) is 0. The van der Waals surface area contributed by atoms with Crippen molar-refractivity contribution >= 4 is 0 Å². The molecular formula is C20H24. The summed E-state index contributed by atoms with van der Waals surface area (Å²) in [6.45, 7) is 12.0. The van der Waals surface area contributed by atoms with E-state index in [-0.39, 0.29) is 16.2 Å². The monoisotopic (exact) mass is 264 g/mol. The highest BCUT2D eigenvalue weighted by atomic mass is 14.6. The van der Waals surface area contributed by atoms with Crippen molar-refractivity contribution in [3.05, 3.63) is 71.3 Å². The van der Waals surface area contributed by atoms with E-state index in [9.17, 15) is 0 Å². The Morgan fingerprint density at radius 2 is 1.10 bits per heavy atom. The van der Waals surface area contributed by atoms with Gasteiger partial charge in [-0.05, 0) is 27.5 Å². The van der Waals surface area contributed by atoms with Crippen LogP contribution in [0.2, 0.25) is 0 Å². The molecule has 0 amide bonds. The smallest absolute Gasteiger partial charge is 0.0236 e. The average molecular weight is 264 g/mol. The fourth-order valence-corrected chi connectivity index (χ4v) is 4.05. The molecule has 0 heterocycles. The van der Waals surface area contributed by atoms with Gasteiger partial charge in [0.05, 0.1) is 0 Å². The van der Waals surface area contributed by atoms with Gasteiger partial charge in [0, 0.05) is 5.41 Å². The predicted octanol–water partition coefficient (Wildman–Crippen LogP) is 5.31. The van der Waals surface area contributed by atoms with Gasteiger partial charge in [0.1, 0.15) is 0 Å². The quantitative estimate of drug-likeness (QED) is 0.654. The lowest BCUT2D eigenvalue weighted by Gasteiger charge is -2.47. The Morgan fingerprint density at radius 1 is 0.600 bits per heavy atom. The van der Waals surface area contributed by atoms with Crippen molar-refractivity contribution in [2.45, 2.75) is 45.4 Å². The van der Waals surface area contributed by atoms with Gasteiger partial charge in [0.25, 0.3) is 0 Å². The summed E-state index contributed by atoms with van der Waals surface area (Å²) in [4.78, 5) is 0. The van der Waals surface area contributed by atoms with E-state index in [1.165, 1.54) is 16.7 Å². The van der Waals surface area contributed by atoms with Crippen LogP contribution in [0.5, 0.6) is 0 Å². The summed E-state index contributed by atoms with van der Waals surface area (Å²) in [6, 6.07) is 20.0. The van der Waals surface area contributed by atoms with Crippen LogP contribution in [0.1, 0.15) is 51.3 Å². The Hall–Kier alpha value is -1.56. The lowest BCUT2D eigenvalue weighted by Crippen LogP contribution is -2.44. The topological polar surface area (TPSA) is 0 Å². The minimum Gasteiger partial charge on any atom is -0.0622 e. The third kappa shape index (κ3) is 1.37. The van der Waals surface area contributed by atoms with Gasteiger partial charge in [-0.15, -0.1) is 0 Å². The molecule has 0 saturated heterocycles. The van der Waals surface area contributed by atoms with Crippen molar-refractivity contribution in [1.29, 1.82) is 0 Å². The summed E-state index contributed by atoms with van der Waals surface area (Å²) in [6.07, 6.45) is 0. The van der Waals surface area contributed by atoms with Crippen LogP contribution < -0.4 is 0 Å². The molecule has 2 aromatic rings. The number of hydrogen-bond acceptors (Lipinski definition) is 0. The Balaban J connectivity index is 2.36. The van der Waals surface area contributed by atoms with Crippen LogP contribution in [0.15, 0.2) is 54.6 Å². The van der Waals surface area contributed by atoms with Crippen molar-refractivity contribution < 1.29 is 0 Å². The lowest BCUT2D eigenvalue weighted by atomic mass is 9.56. The molecule has 0 heteroatoms. The first-order valence-corrected chi connectivity index (χ1v) is 7.49. The number of hydrogen-bond donors (Lipinski definition) is 0. The minimum atomic E-state index is 0.0500. The number of benzene rings is 2. The molecule has 1 aliphatic carbocycles. The summed E-state index contributed by atoms with van der Waals surface area (Å²) in [7, 11) is 0. The number of rotatable bonds is 1. The number of fused-ring (bicyclic) bond motifs is 1. The molecule has 1 unspecified atom stereocenters. The highest BCUT2D eigenvalue weighted by Gasteiger charge is 2.59. The van der Waals surface area contributed by atoms with Crippen LogP contribution in [-0.2, 0) is 10.8 Å². The van der Waals surface area contributed by atoms with Gasteiger partial charge in [-0.2, -0.15) is 0 Å². The van der Waals surface area contributed by atoms with Gasteiger partial charge < -0.3 is 0 Å².